The van der Waals surface area contributed by atoms with Gasteiger partial charge in [0.05, 0.1) is 17.4 Å². The van der Waals surface area contributed by atoms with Crippen LogP contribution in [-0.2, 0) is 12.0 Å². The third-order valence-electron chi connectivity index (χ3n) is 6.73. The van der Waals surface area contributed by atoms with Crippen LogP contribution >= 0.6 is 0 Å². The highest BCUT2D eigenvalue weighted by Crippen LogP contribution is 2.44. The zero-order chi connectivity index (χ0) is 22.5. The zero-order valence-electron chi connectivity index (χ0n) is 18.8. The van der Waals surface area contributed by atoms with Crippen LogP contribution in [0.5, 0.6) is 0 Å². The summed E-state index contributed by atoms with van der Waals surface area (Å²) in [5.74, 6) is 0.179. The quantitative estimate of drug-likeness (QED) is 0.669. The number of carbonyl (C=O) groups excluding carboxylic acids is 2. The van der Waals surface area contributed by atoms with Gasteiger partial charge in [-0.2, -0.15) is 10.2 Å². The lowest BCUT2D eigenvalue weighted by atomic mass is 9.67. The molecule has 0 radical (unpaired) electrons. The number of H-pyrrole nitrogens is 1. The fraction of sp³-hybridized carbons (Fsp3) is 0.458. The van der Waals surface area contributed by atoms with E-state index in [1.165, 1.54) is 0 Å². The molecule has 1 fully saturated rings. The number of hydrogen-bond acceptors (Lipinski definition) is 5. The minimum absolute atomic E-state index is 0.00223. The number of aromatic amines is 1. The second kappa shape index (κ2) is 7.39. The maximum absolute atomic E-state index is 13.2. The Morgan fingerprint density at radius 3 is 2.59 bits per heavy atom. The number of fused-ring (bicyclic) bond motifs is 1. The molecule has 5 rings (SSSR count). The molecule has 8 heteroatoms. The number of ketones is 1. The molecule has 0 saturated carbocycles. The third kappa shape index (κ3) is 3.53. The summed E-state index contributed by atoms with van der Waals surface area (Å²) in [4.78, 5) is 32.5. The van der Waals surface area contributed by atoms with Crippen molar-refractivity contribution in [3.05, 3.63) is 53.6 Å². The highest BCUT2D eigenvalue weighted by molar-refractivity contribution is 5.98. The van der Waals surface area contributed by atoms with E-state index >= 15 is 0 Å². The van der Waals surface area contributed by atoms with Crippen molar-refractivity contribution < 1.29 is 9.59 Å². The average Bonchev–Trinajstić information content (AvgIpc) is 3.44. The Balaban J connectivity index is 1.30. The lowest BCUT2D eigenvalue weighted by Crippen LogP contribution is -2.46. The SMILES string of the molecule is CC(C)(C)n1ncc2c1C(=O)CC1(CCN(C(=O)c3ccnc(-c4cc[nH]n4)c3)CC1)C2. The van der Waals surface area contributed by atoms with Gasteiger partial charge in [-0.05, 0) is 63.6 Å². The molecule has 1 N–H and O–H groups in total. The minimum atomic E-state index is -0.219. The van der Waals surface area contributed by atoms with Crippen molar-refractivity contribution in [2.45, 2.75) is 52.0 Å². The standard InChI is InChI=1S/C24H28N6O2/c1-23(2,3)30-21-17(15-27-30)13-24(14-20(21)31)6-10-29(11-7-24)22(32)16-4-8-25-19(12-16)18-5-9-26-28-18/h4-5,8-9,12,15H,6-7,10-11,13-14H2,1-3H3,(H,26,28). The summed E-state index contributed by atoms with van der Waals surface area (Å²) in [5, 5.41) is 11.4. The lowest BCUT2D eigenvalue weighted by molar-refractivity contribution is 0.0515. The lowest BCUT2D eigenvalue weighted by Gasteiger charge is -2.43. The van der Waals surface area contributed by atoms with Crippen molar-refractivity contribution in [1.82, 2.24) is 29.9 Å². The molecule has 1 saturated heterocycles. The predicted octanol–water partition coefficient (Wildman–Crippen LogP) is 3.47. The van der Waals surface area contributed by atoms with Gasteiger partial charge in [0.2, 0.25) is 0 Å². The van der Waals surface area contributed by atoms with Crippen molar-refractivity contribution in [2.24, 2.45) is 5.41 Å². The monoisotopic (exact) mass is 432 g/mol. The number of piperidine rings is 1. The first kappa shape index (κ1) is 20.6. The summed E-state index contributed by atoms with van der Waals surface area (Å²) in [6.07, 6.45) is 8.27. The van der Waals surface area contributed by atoms with Crippen LogP contribution in [0.4, 0.5) is 0 Å². The molecule has 32 heavy (non-hydrogen) atoms. The molecular weight excluding hydrogens is 404 g/mol. The second-order valence-corrected chi connectivity index (χ2v) is 10.1. The van der Waals surface area contributed by atoms with Gasteiger partial charge in [0.1, 0.15) is 11.4 Å². The van der Waals surface area contributed by atoms with Crippen LogP contribution in [0.25, 0.3) is 11.4 Å². The van der Waals surface area contributed by atoms with Crippen LogP contribution < -0.4 is 0 Å². The Labute approximate surface area is 187 Å². The molecule has 8 nitrogen and oxygen atoms in total. The number of likely N-dealkylation sites (tertiary alicyclic amines) is 1. The molecule has 1 spiro atoms. The van der Waals surface area contributed by atoms with E-state index < -0.39 is 0 Å². The van der Waals surface area contributed by atoms with Gasteiger partial charge in [-0.1, -0.05) is 0 Å². The van der Waals surface area contributed by atoms with Crippen LogP contribution in [0.3, 0.4) is 0 Å². The summed E-state index contributed by atoms with van der Waals surface area (Å²) >= 11 is 0. The summed E-state index contributed by atoms with van der Waals surface area (Å²) in [5.41, 5.74) is 3.52. The molecule has 166 valence electrons. The number of carbonyl (C=O) groups is 2. The Bertz CT molecular complexity index is 1160. The molecule has 3 aromatic rings. The van der Waals surface area contributed by atoms with E-state index in [1.807, 2.05) is 21.8 Å². The van der Waals surface area contributed by atoms with Crippen molar-refractivity contribution in [1.29, 1.82) is 0 Å². The van der Waals surface area contributed by atoms with Crippen LogP contribution in [0.2, 0.25) is 0 Å². The molecule has 0 unspecified atom stereocenters. The topological polar surface area (TPSA) is 96.8 Å². The van der Waals surface area contributed by atoms with Gasteiger partial charge >= 0.3 is 0 Å². The molecule has 1 aliphatic heterocycles. The van der Waals surface area contributed by atoms with Crippen molar-refractivity contribution in [3.63, 3.8) is 0 Å². The summed E-state index contributed by atoms with van der Waals surface area (Å²) in [7, 11) is 0. The molecule has 3 aromatic heterocycles. The first-order chi connectivity index (χ1) is 15.3. The molecule has 1 aliphatic carbocycles. The largest absolute Gasteiger partial charge is 0.339 e. The normalized spacial score (nSPS) is 18.1. The van der Waals surface area contributed by atoms with Crippen molar-refractivity contribution in [3.8, 4) is 11.4 Å². The van der Waals surface area contributed by atoms with Crippen molar-refractivity contribution >= 4 is 11.7 Å². The first-order valence-corrected chi connectivity index (χ1v) is 11.1. The van der Waals surface area contributed by atoms with E-state index in [0.717, 1.165) is 30.5 Å². The summed E-state index contributed by atoms with van der Waals surface area (Å²) in [6.45, 7) is 7.50. The number of pyridine rings is 1. The smallest absolute Gasteiger partial charge is 0.253 e. The molecule has 4 heterocycles. The highest BCUT2D eigenvalue weighted by atomic mass is 16.2. The Morgan fingerprint density at radius 1 is 1.12 bits per heavy atom. The molecule has 0 aromatic carbocycles. The van der Waals surface area contributed by atoms with Crippen molar-refractivity contribution in [2.75, 3.05) is 13.1 Å². The zero-order valence-corrected chi connectivity index (χ0v) is 18.8. The fourth-order valence-electron chi connectivity index (χ4n) is 5.04. The number of nitrogens with zero attached hydrogens (tertiary/aromatic N) is 5. The van der Waals surface area contributed by atoms with E-state index in [-0.39, 0.29) is 22.6 Å². The van der Waals surface area contributed by atoms with Crippen LogP contribution in [0, 0.1) is 5.41 Å². The maximum atomic E-state index is 13.2. The number of aromatic nitrogens is 5. The number of Topliss-reactive ketones (excluding diaryl/α,β-unsaturated/α-hetero) is 1. The van der Waals surface area contributed by atoms with Gasteiger partial charge in [0.15, 0.2) is 5.78 Å². The number of rotatable bonds is 2. The van der Waals surface area contributed by atoms with E-state index in [4.69, 9.17) is 0 Å². The molecule has 0 atom stereocenters. The van der Waals surface area contributed by atoms with Gasteiger partial charge in [-0.15, -0.1) is 0 Å². The van der Waals surface area contributed by atoms with Gasteiger partial charge in [0, 0.05) is 43.0 Å². The van der Waals surface area contributed by atoms with E-state index in [1.54, 1.807) is 24.5 Å². The Hall–Kier alpha value is -3.29. The summed E-state index contributed by atoms with van der Waals surface area (Å²) in [6, 6.07) is 5.37. The van der Waals surface area contributed by atoms with Gasteiger partial charge in [-0.25, -0.2) is 0 Å². The van der Waals surface area contributed by atoms with Gasteiger partial charge in [0.25, 0.3) is 5.91 Å². The number of nitrogens with one attached hydrogen (secondary N) is 1. The van der Waals surface area contributed by atoms with Gasteiger partial charge in [-0.3, -0.25) is 24.4 Å². The molecule has 2 aliphatic rings. The highest BCUT2D eigenvalue weighted by Gasteiger charge is 2.44. The van der Waals surface area contributed by atoms with Gasteiger partial charge < -0.3 is 4.90 Å². The Morgan fingerprint density at radius 2 is 1.91 bits per heavy atom. The predicted molar refractivity (Wildman–Crippen MR) is 119 cm³/mol. The number of hydrogen-bond donors (Lipinski definition) is 1. The minimum Gasteiger partial charge on any atom is -0.339 e. The van der Waals surface area contributed by atoms with E-state index in [2.05, 4.69) is 41.1 Å². The van der Waals surface area contributed by atoms with E-state index in [9.17, 15) is 9.59 Å². The Kier molecular flexibility index (Phi) is 4.76. The molecule has 1 amide bonds. The van der Waals surface area contributed by atoms with E-state index in [0.29, 0.717) is 36.5 Å². The number of amides is 1. The van der Waals surface area contributed by atoms with Crippen LogP contribution in [0.15, 0.2) is 36.8 Å². The van der Waals surface area contributed by atoms with Crippen LogP contribution in [-0.4, -0.2) is 54.6 Å². The van der Waals surface area contributed by atoms with Crippen LogP contribution in [0.1, 0.15) is 66.4 Å². The second-order valence-electron chi connectivity index (χ2n) is 10.1. The molecule has 0 bridgehead atoms. The third-order valence-corrected chi connectivity index (χ3v) is 6.73. The average molecular weight is 433 g/mol. The fourth-order valence-corrected chi connectivity index (χ4v) is 5.04. The first-order valence-electron chi connectivity index (χ1n) is 11.1. The maximum Gasteiger partial charge on any atom is 0.253 e. The summed E-state index contributed by atoms with van der Waals surface area (Å²) < 4.78 is 1.87. The molecular formula is C24H28N6O2.